The molecule has 0 heterocycles. The van der Waals surface area contributed by atoms with Gasteiger partial charge in [-0.25, -0.2) is 0 Å². The summed E-state index contributed by atoms with van der Waals surface area (Å²) in [6.45, 7) is 0. The summed E-state index contributed by atoms with van der Waals surface area (Å²) in [5.74, 6) is 0. The SMILES string of the molecule is O=[N+]([O-])c1cc([N+](=O)[O-])c(C(F)(F)F)c(C(F)(F)F)c1. The van der Waals surface area contributed by atoms with Crippen LogP contribution in [-0.2, 0) is 12.4 Å². The van der Waals surface area contributed by atoms with Crippen molar-refractivity contribution in [2.75, 3.05) is 0 Å². The second-order valence-corrected chi connectivity index (χ2v) is 3.40. The zero-order valence-corrected chi connectivity index (χ0v) is 8.95. The highest BCUT2D eigenvalue weighted by molar-refractivity contribution is 5.56. The standard InChI is InChI=1S/C8H2F6N2O4/c9-7(10,11)4-1-3(15(17)18)2-5(16(19)20)6(4)8(12,13)14/h1-2H. The molecule has 0 saturated heterocycles. The summed E-state index contributed by atoms with van der Waals surface area (Å²) >= 11 is 0. The first-order valence-electron chi connectivity index (χ1n) is 4.47. The molecule has 0 atom stereocenters. The van der Waals surface area contributed by atoms with E-state index in [1.165, 1.54) is 0 Å². The molecule has 110 valence electrons. The van der Waals surface area contributed by atoms with Crippen molar-refractivity contribution in [3.8, 4) is 0 Å². The van der Waals surface area contributed by atoms with E-state index in [1.54, 1.807) is 0 Å². The van der Waals surface area contributed by atoms with Crippen LogP contribution in [0.15, 0.2) is 12.1 Å². The van der Waals surface area contributed by atoms with Crippen molar-refractivity contribution < 1.29 is 36.2 Å². The van der Waals surface area contributed by atoms with E-state index in [1.807, 2.05) is 0 Å². The molecule has 0 amide bonds. The molecular formula is C8H2F6N2O4. The molecule has 6 nitrogen and oxygen atoms in total. The molecule has 12 heteroatoms. The first-order chi connectivity index (χ1) is 8.85. The lowest BCUT2D eigenvalue weighted by Crippen LogP contribution is -2.19. The Balaban J connectivity index is 3.87. The van der Waals surface area contributed by atoms with Crippen molar-refractivity contribution in [1.29, 1.82) is 0 Å². The van der Waals surface area contributed by atoms with Gasteiger partial charge in [0.2, 0.25) is 0 Å². The Kier molecular flexibility index (Phi) is 3.61. The van der Waals surface area contributed by atoms with Gasteiger partial charge in [-0.05, 0) is 0 Å². The number of benzene rings is 1. The van der Waals surface area contributed by atoms with Crippen LogP contribution in [0.1, 0.15) is 11.1 Å². The number of non-ortho nitro benzene ring substituents is 1. The normalized spacial score (nSPS) is 12.3. The quantitative estimate of drug-likeness (QED) is 0.475. The number of nitrogens with zero attached hydrogens (tertiary/aromatic N) is 2. The molecule has 0 aliphatic heterocycles. The van der Waals surface area contributed by atoms with Crippen LogP contribution in [0.25, 0.3) is 0 Å². The highest BCUT2D eigenvalue weighted by atomic mass is 19.4. The third-order valence-electron chi connectivity index (χ3n) is 2.10. The average Bonchev–Trinajstić information content (AvgIpc) is 2.24. The van der Waals surface area contributed by atoms with Crippen LogP contribution < -0.4 is 0 Å². The Morgan fingerprint density at radius 3 is 1.65 bits per heavy atom. The highest BCUT2D eigenvalue weighted by Gasteiger charge is 2.49. The minimum atomic E-state index is -5.69. The maximum absolute atomic E-state index is 12.6. The Bertz CT molecular complexity index is 580. The Morgan fingerprint density at radius 1 is 0.850 bits per heavy atom. The highest BCUT2D eigenvalue weighted by Crippen LogP contribution is 2.46. The molecule has 0 aliphatic rings. The first kappa shape index (κ1) is 15.7. The van der Waals surface area contributed by atoms with Crippen LogP contribution in [0.2, 0.25) is 0 Å². The predicted molar refractivity (Wildman–Crippen MR) is 49.8 cm³/mol. The van der Waals surface area contributed by atoms with Crippen molar-refractivity contribution in [3.63, 3.8) is 0 Å². The van der Waals surface area contributed by atoms with Crippen LogP contribution in [-0.4, -0.2) is 9.85 Å². The van der Waals surface area contributed by atoms with Gasteiger partial charge >= 0.3 is 12.4 Å². The van der Waals surface area contributed by atoms with Crippen LogP contribution in [0.4, 0.5) is 37.7 Å². The molecule has 1 aromatic rings. The summed E-state index contributed by atoms with van der Waals surface area (Å²) in [5, 5.41) is 20.8. The monoisotopic (exact) mass is 304 g/mol. The van der Waals surface area contributed by atoms with Crippen molar-refractivity contribution in [2.24, 2.45) is 0 Å². The number of alkyl halides is 6. The second kappa shape index (κ2) is 4.61. The summed E-state index contributed by atoms with van der Waals surface area (Å²) in [6, 6.07) is -0.562. The van der Waals surface area contributed by atoms with Gasteiger partial charge < -0.3 is 0 Å². The van der Waals surface area contributed by atoms with Crippen molar-refractivity contribution in [1.82, 2.24) is 0 Å². The topological polar surface area (TPSA) is 86.3 Å². The molecule has 0 aromatic heterocycles. The zero-order valence-electron chi connectivity index (χ0n) is 8.95. The fourth-order valence-electron chi connectivity index (χ4n) is 1.38. The molecule has 0 aliphatic carbocycles. The number of halogens is 6. The molecular weight excluding hydrogens is 302 g/mol. The molecule has 1 aromatic carbocycles. The molecule has 0 radical (unpaired) electrons. The van der Waals surface area contributed by atoms with Crippen molar-refractivity contribution in [3.05, 3.63) is 43.5 Å². The number of hydrogen-bond acceptors (Lipinski definition) is 4. The maximum Gasteiger partial charge on any atom is 0.423 e. The van der Waals surface area contributed by atoms with E-state index >= 15 is 0 Å². The van der Waals surface area contributed by atoms with Gasteiger partial charge in [-0.2, -0.15) is 26.3 Å². The Labute approximate surface area is 104 Å². The van der Waals surface area contributed by atoms with Crippen LogP contribution in [0.5, 0.6) is 0 Å². The summed E-state index contributed by atoms with van der Waals surface area (Å²) in [7, 11) is 0. The molecule has 0 unspecified atom stereocenters. The summed E-state index contributed by atoms with van der Waals surface area (Å²) in [6.07, 6.45) is -11.3. The number of nitro benzene ring substituents is 2. The third kappa shape index (κ3) is 2.95. The zero-order chi connectivity index (χ0) is 15.9. The largest absolute Gasteiger partial charge is 0.423 e. The number of rotatable bonds is 2. The number of nitro groups is 2. The summed E-state index contributed by atoms with van der Waals surface area (Å²) in [5.41, 5.74) is -8.54. The van der Waals surface area contributed by atoms with Gasteiger partial charge in [0.25, 0.3) is 11.4 Å². The lowest BCUT2D eigenvalue weighted by atomic mass is 10.0. The second-order valence-electron chi connectivity index (χ2n) is 3.40. The molecule has 1 rings (SSSR count). The van der Waals surface area contributed by atoms with Gasteiger partial charge in [-0.3, -0.25) is 20.2 Å². The molecule has 0 N–H and O–H groups in total. The third-order valence-corrected chi connectivity index (χ3v) is 2.10. The summed E-state index contributed by atoms with van der Waals surface area (Å²) < 4.78 is 75.2. The van der Waals surface area contributed by atoms with E-state index in [0.29, 0.717) is 0 Å². The first-order valence-corrected chi connectivity index (χ1v) is 4.47. The Morgan fingerprint density at radius 2 is 1.35 bits per heavy atom. The van der Waals surface area contributed by atoms with E-state index in [4.69, 9.17) is 0 Å². The molecule has 0 saturated carbocycles. The van der Waals surface area contributed by atoms with E-state index in [9.17, 15) is 46.6 Å². The molecule has 0 bridgehead atoms. The van der Waals surface area contributed by atoms with Gasteiger partial charge in [0, 0.05) is 6.07 Å². The van der Waals surface area contributed by atoms with Gasteiger partial charge in [0.15, 0.2) is 0 Å². The van der Waals surface area contributed by atoms with E-state index in [2.05, 4.69) is 0 Å². The summed E-state index contributed by atoms with van der Waals surface area (Å²) in [4.78, 5) is 17.6. The smallest absolute Gasteiger partial charge is 0.258 e. The van der Waals surface area contributed by atoms with Crippen LogP contribution >= 0.6 is 0 Å². The van der Waals surface area contributed by atoms with Gasteiger partial charge in [0.05, 0.1) is 21.5 Å². The molecule has 0 fully saturated rings. The van der Waals surface area contributed by atoms with Crippen LogP contribution in [0, 0.1) is 20.2 Å². The van der Waals surface area contributed by atoms with Gasteiger partial charge in [-0.15, -0.1) is 0 Å². The van der Waals surface area contributed by atoms with E-state index in [0.717, 1.165) is 0 Å². The minimum Gasteiger partial charge on any atom is -0.258 e. The van der Waals surface area contributed by atoms with E-state index in [-0.39, 0.29) is 6.07 Å². The average molecular weight is 304 g/mol. The van der Waals surface area contributed by atoms with Crippen molar-refractivity contribution >= 4 is 11.4 Å². The Hall–Kier alpha value is -2.40. The predicted octanol–water partition coefficient (Wildman–Crippen LogP) is 3.54. The molecule has 0 spiro atoms. The molecule has 20 heavy (non-hydrogen) atoms. The minimum absolute atomic E-state index is 0.169. The fraction of sp³-hybridized carbons (Fsp3) is 0.250. The fourth-order valence-corrected chi connectivity index (χ4v) is 1.38. The van der Waals surface area contributed by atoms with Crippen LogP contribution in [0.3, 0.4) is 0 Å². The van der Waals surface area contributed by atoms with Gasteiger partial charge in [-0.1, -0.05) is 0 Å². The van der Waals surface area contributed by atoms with Crippen molar-refractivity contribution in [2.45, 2.75) is 12.4 Å². The number of hydrogen-bond donors (Lipinski definition) is 0. The lowest BCUT2D eigenvalue weighted by Gasteiger charge is -2.15. The maximum atomic E-state index is 12.6. The lowest BCUT2D eigenvalue weighted by molar-refractivity contribution is -0.396. The van der Waals surface area contributed by atoms with E-state index < -0.39 is 50.8 Å². The van der Waals surface area contributed by atoms with Gasteiger partial charge in [0.1, 0.15) is 5.56 Å².